The molecule has 0 unspecified atom stereocenters. The number of hydrogen-bond acceptors (Lipinski definition) is 2. The molecule has 2 heteroatoms. The quantitative estimate of drug-likeness (QED) is 0.557. The van der Waals surface area contributed by atoms with Gasteiger partial charge in [0.15, 0.2) is 0 Å². The molecule has 0 saturated carbocycles. The van der Waals surface area contributed by atoms with Gasteiger partial charge in [0.25, 0.3) is 0 Å². The van der Waals surface area contributed by atoms with E-state index in [-0.39, 0.29) is 18.6 Å². The van der Waals surface area contributed by atoms with Gasteiger partial charge < -0.3 is 10.2 Å². The van der Waals surface area contributed by atoms with Crippen molar-refractivity contribution < 1.29 is 10.2 Å². The monoisotopic (exact) mass is 142 g/mol. The van der Waals surface area contributed by atoms with Crippen LogP contribution in [0.1, 0.15) is 19.3 Å². The van der Waals surface area contributed by atoms with Crippen molar-refractivity contribution in [2.75, 3.05) is 13.2 Å². The van der Waals surface area contributed by atoms with Crippen LogP contribution in [0.15, 0.2) is 12.2 Å². The Kier molecular flexibility index (Phi) is 2.46. The Bertz CT molecular complexity index is 125. The second kappa shape index (κ2) is 3.17. The molecule has 0 aromatic rings. The molecule has 0 atom stereocenters. The Morgan fingerprint density at radius 1 is 1.20 bits per heavy atom. The third kappa shape index (κ3) is 1.39. The zero-order valence-corrected chi connectivity index (χ0v) is 6.08. The number of hydrogen-bond donors (Lipinski definition) is 2. The van der Waals surface area contributed by atoms with E-state index < -0.39 is 0 Å². The highest BCUT2D eigenvalue weighted by atomic mass is 16.3. The maximum atomic E-state index is 8.95. The summed E-state index contributed by atoms with van der Waals surface area (Å²) in [6, 6.07) is 0. The molecule has 1 aliphatic carbocycles. The molecule has 1 aliphatic rings. The Hall–Kier alpha value is -0.340. The van der Waals surface area contributed by atoms with E-state index in [1.54, 1.807) is 0 Å². The fourth-order valence-electron chi connectivity index (χ4n) is 1.28. The highest BCUT2D eigenvalue weighted by molar-refractivity contribution is 4.97. The van der Waals surface area contributed by atoms with E-state index >= 15 is 0 Å². The van der Waals surface area contributed by atoms with E-state index in [0.717, 1.165) is 19.3 Å². The summed E-state index contributed by atoms with van der Waals surface area (Å²) >= 11 is 0. The van der Waals surface area contributed by atoms with Crippen molar-refractivity contribution in [3.63, 3.8) is 0 Å². The van der Waals surface area contributed by atoms with Gasteiger partial charge in [-0.15, -0.1) is 0 Å². The lowest BCUT2D eigenvalue weighted by Gasteiger charge is -2.30. The SMILES string of the molecule is OCC1(CO)CC=CCC1. The summed E-state index contributed by atoms with van der Waals surface area (Å²) in [7, 11) is 0. The van der Waals surface area contributed by atoms with Crippen LogP contribution in [-0.2, 0) is 0 Å². The van der Waals surface area contributed by atoms with Crippen molar-refractivity contribution in [3.8, 4) is 0 Å². The second-order valence-corrected chi connectivity index (χ2v) is 3.03. The first-order chi connectivity index (χ1) is 4.83. The molecule has 10 heavy (non-hydrogen) atoms. The van der Waals surface area contributed by atoms with Crippen LogP contribution in [-0.4, -0.2) is 23.4 Å². The average Bonchev–Trinajstić information content (AvgIpc) is 2.06. The molecule has 0 spiro atoms. The Balaban J connectivity index is 2.55. The molecule has 1 rings (SSSR count). The van der Waals surface area contributed by atoms with Crippen LogP contribution in [0.5, 0.6) is 0 Å². The summed E-state index contributed by atoms with van der Waals surface area (Å²) in [4.78, 5) is 0. The van der Waals surface area contributed by atoms with Crippen molar-refractivity contribution in [1.82, 2.24) is 0 Å². The van der Waals surface area contributed by atoms with Gasteiger partial charge in [-0.25, -0.2) is 0 Å². The van der Waals surface area contributed by atoms with E-state index in [1.807, 2.05) is 6.08 Å². The lowest BCUT2D eigenvalue weighted by atomic mass is 9.79. The molecule has 0 aromatic carbocycles. The first kappa shape index (κ1) is 7.76. The largest absolute Gasteiger partial charge is 0.396 e. The van der Waals surface area contributed by atoms with Crippen LogP contribution in [0, 0.1) is 5.41 Å². The van der Waals surface area contributed by atoms with Crippen LogP contribution in [0.4, 0.5) is 0 Å². The van der Waals surface area contributed by atoms with Crippen molar-refractivity contribution >= 4 is 0 Å². The van der Waals surface area contributed by atoms with Crippen LogP contribution in [0.2, 0.25) is 0 Å². The lowest BCUT2D eigenvalue weighted by Crippen LogP contribution is -2.30. The van der Waals surface area contributed by atoms with Crippen molar-refractivity contribution in [2.45, 2.75) is 19.3 Å². The molecule has 0 bridgehead atoms. The number of aliphatic hydroxyl groups is 2. The molecular weight excluding hydrogens is 128 g/mol. The standard InChI is InChI=1S/C8H14O2/c9-6-8(7-10)4-2-1-3-5-8/h1-2,9-10H,3-7H2. The normalized spacial score (nSPS) is 23.0. The molecular formula is C8H14O2. The van der Waals surface area contributed by atoms with Gasteiger partial charge in [-0.1, -0.05) is 12.2 Å². The van der Waals surface area contributed by atoms with E-state index in [9.17, 15) is 0 Å². The first-order valence-corrected chi connectivity index (χ1v) is 3.70. The van der Waals surface area contributed by atoms with Crippen molar-refractivity contribution in [3.05, 3.63) is 12.2 Å². The fraction of sp³-hybridized carbons (Fsp3) is 0.750. The molecule has 2 N–H and O–H groups in total. The van der Waals surface area contributed by atoms with Gasteiger partial charge in [0.1, 0.15) is 0 Å². The maximum absolute atomic E-state index is 8.95. The second-order valence-electron chi connectivity index (χ2n) is 3.03. The number of rotatable bonds is 2. The number of aliphatic hydroxyl groups excluding tert-OH is 2. The molecule has 0 amide bonds. The molecule has 0 radical (unpaired) electrons. The van der Waals surface area contributed by atoms with Gasteiger partial charge >= 0.3 is 0 Å². The average molecular weight is 142 g/mol. The van der Waals surface area contributed by atoms with E-state index in [4.69, 9.17) is 10.2 Å². The van der Waals surface area contributed by atoms with Gasteiger partial charge in [0.2, 0.25) is 0 Å². The van der Waals surface area contributed by atoms with E-state index in [1.165, 1.54) is 0 Å². The Morgan fingerprint density at radius 2 is 1.90 bits per heavy atom. The zero-order chi connectivity index (χ0) is 7.45. The van der Waals surface area contributed by atoms with Gasteiger partial charge in [0, 0.05) is 5.41 Å². The van der Waals surface area contributed by atoms with Crippen LogP contribution < -0.4 is 0 Å². The maximum Gasteiger partial charge on any atom is 0.0512 e. The van der Waals surface area contributed by atoms with Crippen molar-refractivity contribution in [2.24, 2.45) is 5.41 Å². The topological polar surface area (TPSA) is 40.5 Å². The third-order valence-electron chi connectivity index (χ3n) is 2.23. The Labute approximate surface area is 61.2 Å². The highest BCUT2D eigenvalue weighted by Crippen LogP contribution is 2.31. The minimum Gasteiger partial charge on any atom is -0.396 e. The molecule has 0 aliphatic heterocycles. The molecule has 0 fully saturated rings. The summed E-state index contributed by atoms with van der Waals surface area (Å²) in [6.45, 7) is 0.210. The van der Waals surface area contributed by atoms with Gasteiger partial charge in [0.05, 0.1) is 13.2 Å². The lowest BCUT2D eigenvalue weighted by molar-refractivity contribution is 0.0471. The summed E-state index contributed by atoms with van der Waals surface area (Å²) in [6.07, 6.45) is 6.86. The molecule has 0 saturated heterocycles. The van der Waals surface area contributed by atoms with Crippen LogP contribution in [0.25, 0.3) is 0 Å². The van der Waals surface area contributed by atoms with Crippen LogP contribution >= 0.6 is 0 Å². The van der Waals surface area contributed by atoms with Crippen LogP contribution in [0.3, 0.4) is 0 Å². The van der Waals surface area contributed by atoms with E-state index in [2.05, 4.69) is 6.08 Å². The predicted octanol–water partition coefficient (Wildman–Crippen LogP) is 0.698. The predicted molar refractivity (Wildman–Crippen MR) is 39.6 cm³/mol. The molecule has 0 aromatic heterocycles. The Morgan fingerprint density at radius 3 is 2.20 bits per heavy atom. The minimum atomic E-state index is -0.214. The summed E-state index contributed by atoms with van der Waals surface area (Å²) in [5.74, 6) is 0. The molecule has 0 heterocycles. The summed E-state index contributed by atoms with van der Waals surface area (Å²) in [5, 5.41) is 17.9. The molecule has 2 nitrogen and oxygen atoms in total. The summed E-state index contributed by atoms with van der Waals surface area (Å²) in [5.41, 5.74) is -0.214. The zero-order valence-electron chi connectivity index (χ0n) is 6.08. The molecule has 58 valence electrons. The van der Waals surface area contributed by atoms with Gasteiger partial charge in [-0.3, -0.25) is 0 Å². The van der Waals surface area contributed by atoms with Gasteiger partial charge in [-0.2, -0.15) is 0 Å². The minimum absolute atomic E-state index is 0.105. The summed E-state index contributed by atoms with van der Waals surface area (Å²) < 4.78 is 0. The third-order valence-corrected chi connectivity index (χ3v) is 2.23. The van der Waals surface area contributed by atoms with E-state index in [0.29, 0.717) is 0 Å². The highest BCUT2D eigenvalue weighted by Gasteiger charge is 2.28. The first-order valence-electron chi connectivity index (χ1n) is 3.70. The van der Waals surface area contributed by atoms with Gasteiger partial charge in [-0.05, 0) is 19.3 Å². The number of allylic oxidation sites excluding steroid dienone is 2. The smallest absolute Gasteiger partial charge is 0.0512 e. The fourth-order valence-corrected chi connectivity index (χ4v) is 1.28. The van der Waals surface area contributed by atoms with Crippen molar-refractivity contribution in [1.29, 1.82) is 0 Å².